The second-order valence-corrected chi connectivity index (χ2v) is 5.67. The van der Waals surface area contributed by atoms with Gasteiger partial charge in [-0.1, -0.05) is 13.8 Å². The number of carbonyl (C=O) groups excluding carboxylic acids is 2. The molecule has 0 saturated heterocycles. The van der Waals surface area contributed by atoms with Gasteiger partial charge in [0.1, 0.15) is 5.38 Å². The first kappa shape index (κ1) is 14.3. The highest BCUT2D eigenvalue weighted by atomic mass is 35.5. The van der Waals surface area contributed by atoms with E-state index in [1.165, 1.54) is 0 Å². The Hall–Kier alpha value is -0.770. The van der Waals surface area contributed by atoms with Gasteiger partial charge in [0.15, 0.2) is 0 Å². The summed E-state index contributed by atoms with van der Waals surface area (Å²) in [5.74, 6) is 0.124. The number of urea groups is 1. The topological polar surface area (TPSA) is 49.4 Å². The Morgan fingerprint density at radius 2 is 1.94 bits per heavy atom. The van der Waals surface area contributed by atoms with Crippen molar-refractivity contribution in [1.29, 1.82) is 0 Å². The van der Waals surface area contributed by atoms with E-state index >= 15 is 0 Å². The zero-order valence-corrected chi connectivity index (χ0v) is 11.5. The molecule has 0 heterocycles. The number of alkyl halides is 1. The standard InChI is InChI=1S/C12H21ClN2O2/c1-8(2)6-7-15(10-4-5-10)12(17)14-11(16)9(3)13/h8-10H,4-7H2,1-3H3,(H,14,16,17). The van der Waals surface area contributed by atoms with Crippen LogP contribution in [0.25, 0.3) is 0 Å². The molecule has 0 bridgehead atoms. The third-order valence-electron chi connectivity index (χ3n) is 2.79. The number of halogens is 1. The molecule has 0 aliphatic heterocycles. The lowest BCUT2D eigenvalue weighted by molar-refractivity contribution is -0.119. The number of hydrogen-bond donors (Lipinski definition) is 1. The third kappa shape index (κ3) is 4.94. The molecule has 1 aliphatic rings. The summed E-state index contributed by atoms with van der Waals surface area (Å²) in [6.45, 7) is 6.50. The predicted molar refractivity (Wildman–Crippen MR) is 68.0 cm³/mol. The number of nitrogens with zero attached hydrogens (tertiary/aromatic N) is 1. The first-order chi connectivity index (χ1) is 7.91. The highest BCUT2D eigenvalue weighted by Crippen LogP contribution is 2.27. The molecule has 3 amide bonds. The summed E-state index contributed by atoms with van der Waals surface area (Å²) in [7, 11) is 0. The number of nitrogens with one attached hydrogen (secondary N) is 1. The number of rotatable bonds is 5. The van der Waals surface area contributed by atoms with Crippen LogP contribution in [0.2, 0.25) is 0 Å². The van der Waals surface area contributed by atoms with Crippen LogP contribution in [0.15, 0.2) is 0 Å². The summed E-state index contributed by atoms with van der Waals surface area (Å²) in [6.07, 6.45) is 3.03. The summed E-state index contributed by atoms with van der Waals surface area (Å²) in [6, 6.07) is 0.0119. The van der Waals surface area contributed by atoms with Crippen LogP contribution in [-0.2, 0) is 4.79 Å². The zero-order valence-electron chi connectivity index (χ0n) is 10.7. The average Bonchev–Trinajstić information content (AvgIpc) is 3.01. The monoisotopic (exact) mass is 260 g/mol. The highest BCUT2D eigenvalue weighted by molar-refractivity contribution is 6.31. The van der Waals surface area contributed by atoms with Crippen molar-refractivity contribution >= 4 is 23.5 Å². The van der Waals surface area contributed by atoms with E-state index in [1.54, 1.807) is 11.8 Å². The average molecular weight is 261 g/mol. The fourth-order valence-corrected chi connectivity index (χ4v) is 1.56. The first-order valence-corrected chi connectivity index (χ1v) is 6.61. The van der Waals surface area contributed by atoms with Crippen LogP contribution in [0.3, 0.4) is 0 Å². The van der Waals surface area contributed by atoms with Gasteiger partial charge in [-0.3, -0.25) is 10.1 Å². The van der Waals surface area contributed by atoms with E-state index in [9.17, 15) is 9.59 Å². The second-order valence-electron chi connectivity index (χ2n) is 5.02. The van der Waals surface area contributed by atoms with Gasteiger partial charge in [-0.15, -0.1) is 11.6 Å². The van der Waals surface area contributed by atoms with E-state index in [2.05, 4.69) is 19.2 Å². The molecule has 1 unspecified atom stereocenters. The van der Waals surface area contributed by atoms with Crippen LogP contribution >= 0.6 is 11.6 Å². The van der Waals surface area contributed by atoms with Crippen molar-refractivity contribution in [2.24, 2.45) is 5.92 Å². The van der Waals surface area contributed by atoms with Crippen molar-refractivity contribution in [2.45, 2.75) is 51.5 Å². The van der Waals surface area contributed by atoms with E-state index in [0.717, 1.165) is 19.3 Å². The minimum Gasteiger partial charge on any atom is -0.321 e. The lowest BCUT2D eigenvalue weighted by Gasteiger charge is -2.23. The van der Waals surface area contributed by atoms with Crippen molar-refractivity contribution in [3.8, 4) is 0 Å². The van der Waals surface area contributed by atoms with Crippen LogP contribution in [-0.4, -0.2) is 34.8 Å². The molecule has 5 heteroatoms. The molecule has 0 spiro atoms. The normalized spacial score (nSPS) is 16.8. The summed E-state index contributed by atoms with van der Waals surface area (Å²) >= 11 is 5.62. The molecule has 1 rings (SSSR count). The molecule has 1 saturated carbocycles. The maximum absolute atomic E-state index is 11.9. The van der Waals surface area contributed by atoms with Gasteiger partial charge in [0.2, 0.25) is 5.91 Å². The number of hydrogen-bond acceptors (Lipinski definition) is 2. The van der Waals surface area contributed by atoms with Gasteiger partial charge in [-0.2, -0.15) is 0 Å². The van der Waals surface area contributed by atoms with Gasteiger partial charge < -0.3 is 4.90 Å². The minimum atomic E-state index is -0.676. The molecule has 1 N–H and O–H groups in total. The molecule has 17 heavy (non-hydrogen) atoms. The molecule has 98 valence electrons. The van der Waals surface area contributed by atoms with E-state index < -0.39 is 11.3 Å². The van der Waals surface area contributed by atoms with Gasteiger partial charge in [-0.05, 0) is 32.1 Å². The molecule has 4 nitrogen and oxygen atoms in total. The Labute approximate surface area is 108 Å². The Morgan fingerprint density at radius 3 is 2.35 bits per heavy atom. The van der Waals surface area contributed by atoms with Crippen molar-refractivity contribution in [3.05, 3.63) is 0 Å². The van der Waals surface area contributed by atoms with Crippen LogP contribution in [0, 0.1) is 5.92 Å². The highest BCUT2D eigenvalue weighted by Gasteiger charge is 2.33. The van der Waals surface area contributed by atoms with Gasteiger partial charge >= 0.3 is 6.03 Å². The molecular weight excluding hydrogens is 240 g/mol. The predicted octanol–water partition coefficient (Wildman–Crippen LogP) is 2.36. The van der Waals surface area contributed by atoms with Crippen LogP contribution in [0.4, 0.5) is 4.79 Å². The molecule has 0 radical (unpaired) electrons. The Balaban J connectivity index is 2.46. The number of amides is 3. The van der Waals surface area contributed by atoms with E-state index in [1.807, 2.05) is 0 Å². The van der Waals surface area contributed by atoms with Crippen molar-refractivity contribution in [1.82, 2.24) is 10.2 Å². The van der Waals surface area contributed by atoms with E-state index in [0.29, 0.717) is 18.5 Å². The fourth-order valence-electron chi connectivity index (χ4n) is 1.51. The van der Waals surface area contributed by atoms with Crippen molar-refractivity contribution in [2.75, 3.05) is 6.54 Å². The molecule has 1 aliphatic carbocycles. The maximum Gasteiger partial charge on any atom is 0.324 e. The summed E-state index contributed by atoms with van der Waals surface area (Å²) in [4.78, 5) is 25.0. The van der Waals surface area contributed by atoms with Crippen LogP contribution < -0.4 is 5.32 Å². The third-order valence-corrected chi connectivity index (χ3v) is 2.99. The van der Waals surface area contributed by atoms with Gasteiger partial charge in [0, 0.05) is 12.6 Å². The zero-order chi connectivity index (χ0) is 13.0. The van der Waals surface area contributed by atoms with Crippen molar-refractivity contribution < 1.29 is 9.59 Å². The van der Waals surface area contributed by atoms with Gasteiger partial charge in [0.05, 0.1) is 0 Å². The summed E-state index contributed by atoms with van der Waals surface area (Å²) in [5.41, 5.74) is 0. The Morgan fingerprint density at radius 1 is 1.35 bits per heavy atom. The molecule has 0 aromatic rings. The quantitative estimate of drug-likeness (QED) is 0.772. The molecule has 1 atom stereocenters. The fraction of sp³-hybridized carbons (Fsp3) is 0.833. The van der Waals surface area contributed by atoms with E-state index in [4.69, 9.17) is 11.6 Å². The molecule has 0 aromatic carbocycles. The maximum atomic E-state index is 11.9. The smallest absolute Gasteiger partial charge is 0.321 e. The Bertz CT molecular complexity index is 288. The molecular formula is C12H21ClN2O2. The largest absolute Gasteiger partial charge is 0.324 e. The second kappa shape index (κ2) is 6.24. The summed E-state index contributed by atoms with van der Waals surface area (Å²) in [5, 5.41) is 1.66. The first-order valence-electron chi connectivity index (χ1n) is 6.17. The van der Waals surface area contributed by atoms with Crippen LogP contribution in [0.1, 0.15) is 40.0 Å². The minimum absolute atomic E-state index is 0.300. The lowest BCUT2D eigenvalue weighted by atomic mass is 10.1. The van der Waals surface area contributed by atoms with Crippen LogP contribution in [0.5, 0.6) is 0 Å². The van der Waals surface area contributed by atoms with Gasteiger partial charge in [-0.25, -0.2) is 4.79 Å². The molecule has 1 fully saturated rings. The summed E-state index contributed by atoms with van der Waals surface area (Å²) < 4.78 is 0. The van der Waals surface area contributed by atoms with Gasteiger partial charge in [0.25, 0.3) is 0 Å². The lowest BCUT2D eigenvalue weighted by Crippen LogP contribution is -2.46. The SMILES string of the molecule is CC(C)CCN(C(=O)NC(=O)C(C)Cl)C1CC1. The van der Waals surface area contributed by atoms with Crippen molar-refractivity contribution in [3.63, 3.8) is 0 Å². The Kier molecular flexibility index (Phi) is 5.25. The molecule has 0 aromatic heterocycles. The number of imide groups is 1. The van der Waals surface area contributed by atoms with E-state index in [-0.39, 0.29) is 6.03 Å². The number of carbonyl (C=O) groups is 2.